The highest BCUT2D eigenvalue weighted by atomic mass is 15.2. The van der Waals surface area contributed by atoms with Crippen molar-refractivity contribution < 1.29 is 0 Å². The summed E-state index contributed by atoms with van der Waals surface area (Å²) in [4.78, 5) is 3.21. The lowest BCUT2D eigenvalue weighted by atomic mass is 9.59. The van der Waals surface area contributed by atoms with Gasteiger partial charge in [0.2, 0.25) is 0 Å². The molecule has 8 rings (SSSR count). The van der Waals surface area contributed by atoms with Crippen LogP contribution in [0.4, 0.5) is 0 Å². The fourth-order valence-electron chi connectivity index (χ4n) is 15.6. The van der Waals surface area contributed by atoms with Gasteiger partial charge in [-0.15, -0.1) is 0 Å². The molecule has 1 aliphatic heterocycles. The van der Waals surface area contributed by atoms with E-state index in [0.29, 0.717) is 0 Å². The topological polar surface area (TPSA) is 3.24 Å². The van der Waals surface area contributed by atoms with Crippen molar-refractivity contribution in [3.05, 3.63) is 23.3 Å². The summed E-state index contributed by atoms with van der Waals surface area (Å²) in [6.45, 7) is 14.0. The highest BCUT2D eigenvalue weighted by Crippen LogP contribution is 2.56. The van der Waals surface area contributed by atoms with Gasteiger partial charge in [0.05, 0.1) is 0 Å². The van der Waals surface area contributed by atoms with E-state index in [1.165, 1.54) is 161 Å². The number of fused-ring (bicyclic) bond motifs is 5. The molecular weight excluding hydrogens is 639 g/mol. The molecule has 1 heterocycles. The second-order valence-electron chi connectivity index (χ2n) is 22.2. The molecular formula is C52H87N. The lowest BCUT2D eigenvalue weighted by Crippen LogP contribution is -2.51. The van der Waals surface area contributed by atoms with Gasteiger partial charge in [0.1, 0.15) is 0 Å². The van der Waals surface area contributed by atoms with E-state index < -0.39 is 0 Å². The summed E-state index contributed by atoms with van der Waals surface area (Å²) in [6, 6.07) is 1.74. The van der Waals surface area contributed by atoms with Gasteiger partial charge in [-0.05, 0) is 192 Å². The van der Waals surface area contributed by atoms with Gasteiger partial charge in [-0.1, -0.05) is 122 Å². The zero-order valence-electron chi connectivity index (χ0n) is 35.9. The Hall–Kier alpha value is -0.560. The maximum atomic E-state index is 3.21. The molecule has 300 valence electrons. The molecule has 1 saturated heterocycles. The van der Waals surface area contributed by atoms with Crippen molar-refractivity contribution in [2.75, 3.05) is 6.54 Å². The van der Waals surface area contributed by atoms with Crippen LogP contribution in [0.15, 0.2) is 23.3 Å². The fraction of sp³-hybridized carbons (Fsp3) is 0.923. The molecule has 0 spiro atoms. The maximum absolute atomic E-state index is 3.21. The Labute approximate surface area is 330 Å². The van der Waals surface area contributed by atoms with Crippen molar-refractivity contribution in [3.8, 4) is 0 Å². The average Bonchev–Trinajstić information content (AvgIpc) is 3.30. The van der Waals surface area contributed by atoms with Crippen LogP contribution in [0.5, 0.6) is 0 Å². The van der Waals surface area contributed by atoms with Crippen molar-refractivity contribution in [3.63, 3.8) is 0 Å². The third kappa shape index (κ3) is 8.96. The highest BCUT2D eigenvalue weighted by Gasteiger charge is 2.52. The van der Waals surface area contributed by atoms with Crippen molar-refractivity contribution in [2.24, 2.45) is 82.9 Å². The van der Waals surface area contributed by atoms with Crippen LogP contribution in [-0.4, -0.2) is 23.5 Å². The maximum Gasteiger partial charge on any atom is 0.0130 e. The SMILES string of the molecule is CCN1C2CCC(C=C(C3CCC(C)CC3)C3CCC(C)CC3)CC2C2CCCCC2C2CC(C=C(C3CCC(C)CC3)C3CCC(C)CC3)CCC21. The second-order valence-corrected chi connectivity index (χ2v) is 22.2. The Balaban J connectivity index is 1.04. The first-order chi connectivity index (χ1) is 25.8. The molecule has 8 fully saturated rings. The Morgan fingerprint density at radius 3 is 1.02 bits per heavy atom. The average molecular weight is 726 g/mol. The van der Waals surface area contributed by atoms with Gasteiger partial charge in [0.25, 0.3) is 0 Å². The third-order valence-electron chi connectivity index (χ3n) is 18.8. The summed E-state index contributed by atoms with van der Waals surface area (Å²) in [5.74, 6) is 13.1. The Bertz CT molecular complexity index is 1060. The van der Waals surface area contributed by atoms with E-state index in [1.54, 1.807) is 12.8 Å². The van der Waals surface area contributed by atoms with Crippen LogP contribution in [0.25, 0.3) is 0 Å². The quantitative estimate of drug-likeness (QED) is 0.236. The molecule has 0 aromatic carbocycles. The van der Waals surface area contributed by atoms with Gasteiger partial charge in [0.15, 0.2) is 0 Å². The van der Waals surface area contributed by atoms with Gasteiger partial charge < -0.3 is 0 Å². The molecule has 53 heavy (non-hydrogen) atoms. The van der Waals surface area contributed by atoms with Crippen molar-refractivity contribution in [1.29, 1.82) is 0 Å². The Morgan fingerprint density at radius 2 is 0.717 bits per heavy atom. The van der Waals surface area contributed by atoms with Crippen molar-refractivity contribution in [1.82, 2.24) is 4.90 Å². The van der Waals surface area contributed by atoms with Crippen LogP contribution >= 0.6 is 0 Å². The molecule has 8 unspecified atom stereocenters. The lowest BCUT2D eigenvalue weighted by molar-refractivity contribution is 0.0283. The summed E-state index contributed by atoms with van der Waals surface area (Å²) < 4.78 is 0. The molecule has 0 bridgehead atoms. The molecule has 0 amide bonds. The minimum absolute atomic E-state index is 0.862. The molecule has 1 heteroatoms. The van der Waals surface area contributed by atoms with E-state index >= 15 is 0 Å². The van der Waals surface area contributed by atoms with E-state index in [9.17, 15) is 0 Å². The highest BCUT2D eigenvalue weighted by molar-refractivity contribution is 5.18. The van der Waals surface area contributed by atoms with E-state index in [1.807, 2.05) is 11.1 Å². The largest absolute Gasteiger partial charge is 0.297 e. The van der Waals surface area contributed by atoms with E-state index in [0.717, 1.165) is 94.9 Å². The zero-order chi connectivity index (χ0) is 36.5. The number of likely N-dealkylation sites (tertiary alicyclic amines) is 1. The fourth-order valence-corrected chi connectivity index (χ4v) is 15.6. The molecule has 0 aromatic heterocycles. The Kier molecular flexibility index (Phi) is 13.3. The monoisotopic (exact) mass is 726 g/mol. The summed E-state index contributed by atoms with van der Waals surface area (Å²) in [7, 11) is 0. The molecule has 0 aromatic rings. The summed E-state index contributed by atoms with van der Waals surface area (Å²) in [5.41, 5.74) is 4.01. The minimum Gasteiger partial charge on any atom is -0.297 e. The normalized spacial score (nSPS) is 46.9. The summed E-state index contributed by atoms with van der Waals surface area (Å²) in [6.07, 6.45) is 45.1. The number of hydrogen-bond donors (Lipinski definition) is 0. The first kappa shape index (κ1) is 39.3. The van der Waals surface area contributed by atoms with Crippen LogP contribution in [0.3, 0.4) is 0 Å². The molecule has 7 saturated carbocycles. The van der Waals surface area contributed by atoms with Crippen LogP contribution in [0.2, 0.25) is 0 Å². The number of rotatable bonds is 7. The smallest absolute Gasteiger partial charge is 0.0130 e. The first-order valence-corrected chi connectivity index (χ1v) is 25.0. The van der Waals surface area contributed by atoms with Gasteiger partial charge in [-0.2, -0.15) is 0 Å². The summed E-state index contributed by atoms with van der Waals surface area (Å²) in [5, 5.41) is 0. The van der Waals surface area contributed by atoms with Crippen LogP contribution in [0.1, 0.15) is 202 Å². The van der Waals surface area contributed by atoms with E-state index in [-0.39, 0.29) is 0 Å². The van der Waals surface area contributed by atoms with Crippen LogP contribution in [0, 0.1) is 82.9 Å². The van der Waals surface area contributed by atoms with E-state index in [4.69, 9.17) is 0 Å². The van der Waals surface area contributed by atoms with Gasteiger partial charge in [-0.25, -0.2) is 0 Å². The lowest BCUT2D eigenvalue weighted by Gasteiger charge is -2.47. The second kappa shape index (κ2) is 17.9. The number of nitrogens with zero attached hydrogens (tertiary/aromatic N) is 1. The number of hydrogen-bond acceptors (Lipinski definition) is 1. The zero-order valence-corrected chi connectivity index (χ0v) is 35.9. The molecule has 8 atom stereocenters. The molecule has 1 nitrogen and oxygen atoms in total. The standard InChI is InChI=1S/C52H87N/c1-6-53-51-29-19-39(31-47(41-21-11-35(2)12-22-41)42-23-13-36(3)14-24-42)33-49(51)45-9-7-8-10-46(45)50-34-40(20-30-52(50)53)32-48(43-25-15-37(4)16-26-43)44-27-17-38(5)18-28-44/h31-32,35-46,49-52H,6-30,33-34H2,1-5H3. The van der Waals surface area contributed by atoms with Gasteiger partial charge in [0, 0.05) is 12.1 Å². The summed E-state index contributed by atoms with van der Waals surface area (Å²) >= 11 is 0. The first-order valence-electron chi connectivity index (χ1n) is 25.0. The predicted molar refractivity (Wildman–Crippen MR) is 228 cm³/mol. The van der Waals surface area contributed by atoms with Gasteiger partial charge in [-0.3, -0.25) is 4.90 Å². The Morgan fingerprint density at radius 1 is 0.396 bits per heavy atom. The van der Waals surface area contributed by atoms with E-state index in [2.05, 4.69) is 51.7 Å². The van der Waals surface area contributed by atoms with Crippen LogP contribution in [-0.2, 0) is 0 Å². The number of allylic oxidation sites excluding steroid dienone is 4. The molecule has 0 radical (unpaired) electrons. The molecule has 0 N–H and O–H groups in total. The van der Waals surface area contributed by atoms with Crippen molar-refractivity contribution in [2.45, 2.75) is 214 Å². The minimum atomic E-state index is 0.862. The van der Waals surface area contributed by atoms with Crippen LogP contribution < -0.4 is 0 Å². The molecule has 7 aliphatic carbocycles. The van der Waals surface area contributed by atoms with Crippen molar-refractivity contribution >= 4 is 0 Å². The van der Waals surface area contributed by atoms with Gasteiger partial charge >= 0.3 is 0 Å². The third-order valence-corrected chi connectivity index (χ3v) is 18.8. The molecule has 8 aliphatic rings. The predicted octanol–water partition coefficient (Wildman–Crippen LogP) is 14.9.